The van der Waals surface area contributed by atoms with Crippen LogP contribution in [0.2, 0.25) is 0 Å². The first-order valence-corrected chi connectivity index (χ1v) is 23.6. The lowest BCUT2D eigenvalue weighted by Crippen LogP contribution is -2.44. The Bertz CT molecular complexity index is 3190. The quantitative estimate of drug-likeness (QED) is 0.0129. The van der Waals surface area contributed by atoms with Gasteiger partial charge in [0, 0.05) is 27.2 Å². The summed E-state index contributed by atoms with van der Waals surface area (Å²) in [5.74, 6) is -63.1. The van der Waals surface area contributed by atoms with Crippen LogP contribution in [0.1, 0.15) is 153 Å². The van der Waals surface area contributed by atoms with E-state index in [1.807, 2.05) is 4.91 Å². The number of hydrogen-bond donors (Lipinski definition) is 1. The summed E-state index contributed by atoms with van der Waals surface area (Å²) in [6.45, 7) is 1.04. The molecule has 0 atom stereocenters. The van der Waals surface area contributed by atoms with Gasteiger partial charge in [-0.15, -0.1) is 0 Å². The van der Waals surface area contributed by atoms with E-state index >= 15 is 35.1 Å². The van der Waals surface area contributed by atoms with Gasteiger partial charge in [-0.05, 0) is 29.2 Å². The van der Waals surface area contributed by atoms with E-state index in [0.717, 1.165) is 55.4 Å². The van der Waals surface area contributed by atoms with Crippen LogP contribution in [0.15, 0.2) is 5.11 Å². The second-order valence-electron chi connectivity index (χ2n) is 19.1. The van der Waals surface area contributed by atoms with Crippen LogP contribution in [0.5, 0.6) is 0 Å². The highest BCUT2D eigenvalue weighted by molar-refractivity contribution is 5.94. The zero-order valence-corrected chi connectivity index (χ0v) is 44.2. The van der Waals surface area contributed by atoms with Crippen molar-refractivity contribution < 1.29 is 136 Å². The number of carbonyl (C=O) groups excluding carboxylic acids is 4. The molecule has 5 aromatic carbocycles. The first-order valence-electron chi connectivity index (χ1n) is 23.6. The number of benzene rings is 5. The summed E-state index contributed by atoms with van der Waals surface area (Å²) in [7, 11) is 0. The molecule has 0 saturated heterocycles. The molecule has 1 N–H and O–H groups in total. The molecule has 0 aliphatic carbocycles. The second-order valence-corrected chi connectivity index (χ2v) is 19.1. The summed E-state index contributed by atoms with van der Waals surface area (Å²) in [5, 5.41) is 10.7. The highest BCUT2D eigenvalue weighted by Gasteiger charge is 2.43. The average Bonchev–Trinajstić information content (AvgIpc) is 3.65. The molecule has 0 aliphatic heterocycles. The number of carboxylic acids is 1. The van der Waals surface area contributed by atoms with Crippen LogP contribution in [0.3, 0.4) is 0 Å². The molecule has 0 aliphatic rings. The third kappa shape index (κ3) is 13.3. The van der Waals surface area contributed by atoms with E-state index in [0.29, 0.717) is 0 Å². The number of azide groups is 1. The summed E-state index contributed by atoms with van der Waals surface area (Å²) in [6, 6.07) is 0. The molecular formula is C52H37F20N3O10. The Morgan fingerprint density at radius 3 is 0.718 bits per heavy atom. The van der Waals surface area contributed by atoms with Crippen molar-refractivity contribution in [2.24, 2.45) is 10.5 Å². The number of hydrogen-bond acceptors (Lipinski definition) is 10. The fourth-order valence-corrected chi connectivity index (χ4v) is 7.92. The molecule has 0 amide bonds. The molecule has 5 rings (SSSR count). The van der Waals surface area contributed by atoms with E-state index in [-0.39, 0.29) is 0 Å². The first-order chi connectivity index (χ1) is 39.3. The molecule has 85 heavy (non-hydrogen) atoms. The molecule has 0 bridgehead atoms. The van der Waals surface area contributed by atoms with Crippen molar-refractivity contribution in [1.82, 2.24) is 0 Å². The number of aromatic carboxylic acids is 1. The molecule has 0 saturated carbocycles. The second kappa shape index (κ2) is 26.9. The van der Waals surface area contributed by atoms with Crippen LogP contribution in [0, 0.1) is 122 Å². The topological polar surface area (TPSA) is 191 Å². The Morgan fingerprint density at radius 2 is 0.541 bits per heavy atom. The summed E-state index contributed by atoms with van der Waals surface area (Å²) in [5.41, 5.74) is -10.1. The van der Waals surface area contributed by atoms with Crippen molar-refractivity contribution >= 4 is 35.5 Å². The predicted molar refractivity (Wildman–Crippen MR) is 247 cm³/mol. The molecule has 5 aromatic rings. The molecular weight excluding hydrogens is 1210 g/mol. The van der Waals surface area contributed by atoms with Crippen LogP contribution in [0.25, 0.3) is 10.4 Å². The van der Waals surface area contributed by atoms with Gasteiger partial charge >= 0.3 is 29.8 Å². The Labute approximate surface area is 463 Å². The van der Waals surface area contributed by atoms with Gasteiger partial charge < -0.3 is 24.1 Å². The summed E-state index contributed by atoms with van der Waals surface area (Å²) in [4.78, 5) is 66.6. The molecule has 13 nitrogen and oxygen atoms in total. The van der Waals surface area contributed by atoms with Crippen LogP contribution >= 0.6 is 0 Å². The zero-order valence-electron chi connectivity index (χ0n) is 44.2. The lowest BCUT2D eigenvalue weighted by Gasteiger charge is -2.32. The lowest BCUT2D eigenvalue weighted by molar-refractivity contribution is -0.0647. The first kappa shape index (κ1) is 68.9. The smallest absolute Gasteiger partial charge is 0.341 e. The van der Waals surface area contributed by atoms with E-state index in [1.165, 1.54) is 0 Å². The molecule has 460 valence electrons. The highest BCUT2D eigenvalue weighted by Crippen LogP contribution is 2.37. The van der Waals surface area contributed by atoms with E-state index in [1.54, 1.807) is 0 Å². The molecule has 0 unspecified atom stereocenters. The van der Waals surface area contributed by atoms with Gasteiger partial charge in [-0.1, -0.05) is 60.5 Å². The summed E-state index contributed by atoms with van der Waals surface area (Å²) < 4.78 is 309. The summed E-state index contributed by atoms with van der Waals surface area (Å²) >= 11 is 0. The fourth-order valence-electron chi connectivity index (χ4n) is 7.92. The van der Waals surface area contributed by atoms with Crippen LogP contribution < -0.4 is 0 Å². The van der Waals surface area contributed by atoms with Gasteiger partial charge in [0.1, 0.15) is 65.3 Å². The van der Waals surface area contributed by atoms with Gasteiger partial charge in [0.2, 0.25) is 0 Å². The normalized spacial score (nSPS) is 11.5. The Balaban J connectivity index is 0.000000833. The van der Waals surface area contributed by atoms with Crippen molar-refractivity contribution in [2.75, 3.05) is 26.4 Å². The minimum Gasteiger partial charge on any atom is -0.477 e. The number of ether oxygens (including phenoxy) is 4. The van der Waals surface area contributed by atoms with E-state index in [2.05, 4.69) is 5.11 Å². The maximum atomic E-state index is 15.3. The number of esters is 4. The Morgan fingerprint density at radius 1 is 0.353 bits per heavy atom. The maximum Gasteiger partial charge on any atom is 0.341 e. The minimum atomic E-state index is -3.11. The molecule has 0 radical (unpaired) electrons. The maximum absolute atomic E-state index is 15.3. The SMILES string of the molecule is CC(C)c1c(F)c(F)c(F)c(F)c1C(=O)OCC(COC(=O)c1c(F)c(F)c(F)c(F)c1C(C)C)(COC(=O)c1c(F)c(F)c(F)c(F)c1C(C)C)COC(=O)c1c(F)c(F)c(F)c(F)c1C(C)C.[N-]=[N+]=Nc1c(F)c(F)c(C(=O)O)c(F)c1F. The third-order valence-electron chi connectivity index (χ3n) is 12.0. The Kier molecular flexibility index (Phi) is 21.8. The van der Waals surface area contributed by atoms with Crippen molar-refractivity contribution in [1.29, 1.82) is 0 Å². The van der Waals surface area contributed by atoms with Crippen LogP contribution in [0.4, 0.5) is 93.5 Å². The van der Waals surface area contributed by atoms with Crippen molar-refractivity contribution in [3.8, 4) is 0 Å². The standard InChI is InChI=1S/C45H36F16O8.C7HF4N3O2/c1-13(2)17-21(29(50)37(58)33(54)25(17)46)41(62)66-9-45(10-67-42(63)22-18(14(3)4)26(47)34(55)38(59)30(22)51,11-68-43(64)23-19(15(5)6)27(48)35(56)39(60)31(23)52)12-69-44(65)24-20(16(7)8)28(49)36(57)40(61)32(24)53;8-2-1(7(15)16)3(9)5(11)6(4(2)10)13-14-12/h13-16H,9-12H2,1-8H3;(H,15,16). The molecule has 33 heteroatoms. The molecule has 0 aromatic heterocycles. The minimum absolute atomic E-state index is 1.04. The van der Waals surface area contributed by atoms with Gasteiger partial charge in [-0.3, -0.25) is 0 Å². The Hall–Kier alpha value is -8.64. The van der Waals surface area contributed by atoms with E-state index < -0.39 is 257 Å². The van der Waals surface area contributed by atoms with Gasteiger partial charge in [0.15, 0.2) is 116 Å². The van der Waals surface area contributed by atoms with Crippen LogP contribution in [-0.4, -0.2) is 61.4 Å². The number of rotatable bonds is 18. The van der Waals surface area contributed by atoms with Gasteiger partial charge in [0.05, 0.1) is 0 Å². The van der Waals surface area contributed by atoms with E-state index in [4.69, 9.17) is 29.6 Å². The van der Waals surface area contributed by atoms with Crippen molar-refractivity contribution in [3.63, 3.8) is 0 Å². The molecule has 0 heterocycles. The highest BCUT2D eigenvalue weighted by atomic mass is 19.2. The summed E-state index contributed by atoms with van der Waals surface area (Å²) in [6.07, 6.45) is 0. The van der Waals surface area contributed by atoms with Gasteiger partial charge in [0.25, 0.3) is 0 Å². The van der Waals surface area contributed by atoms with Crippen molar-refractivity contribution in [3.05, 3.63) is 177 Å². The zero-order chi connectivity index (χ0) is 65.1. The van der Waals surface area contributed by atoms with Gasteiger partial charge in [-0.2, -0.15) is 0 Å². The van der Waals surface area contributed by atoms with Crippen molar-refractivity contribution in [2.45, 2.75) is 79.1 Å². The largest absolute Gasteiger partial charge is 0.477 e. The number of halogens is 20. The van der Waals surface area contributed by atoms with Gasteiger partial charge in [-0.25, -0.2) is 112 Å². The monoisotopic (exact) mass is 1240 g/mol. The van der Waals surface area contributed by atoms with Crippen LogP contribution in [-0.2, 0) is 18.9 Å². The predicted octanol–water partition coefficient (Wildman–Crippen LogP) is 15.0. The fraction of sp³-hybridized carbons (Fsp3) is 0.327. The van der Waals surface area contributed by atoms with E-state index in [9.17, 15) is 76.7 Å². The molecule has 0 fully saturated rings. The number of carboxylic acid groups (broad SMARTS) is 1. The average molecular weight is 1240 g/mol. The number of nitrogens with zero attached hydrogens (tertiary/aromatic N) is 3. The third-order valence-corrected chi connectivity index (χ3v) is 12.0. The molecule has 0 spiro atoms. The number of carbonyl (C=O) groups is 5. The lowest BCUT2D eigenvalue weighted by atomic mass is 9.91.